The van der Waals surface area contributed by atoms with Crippen LogP contribution >= 0.6 is 11.8 Å². The minimum absolute atomic E-state index is 0.0134. The van der Waals surface area contributed by atoms with Crippen molar-refractivity contribution in [3.63, 3.8) is 0 Å². The molecular formula is C19H25NO2S. The average molecular weight is 331 g/mol. The lowest BCUT2D eigenvalue weighted by atomic mass is 9.87. The van der Waals surface area contributed by atoms with Gasteiger partial charge >= 0.3 is 0 Å². The lowest BCUT2D eigenvalue weighted by Crippen LogP contribution is -2.27. The number of rotatable bonds is 5. The summed E-state index contributed by atoms with van der Waals surface area (Å²) in [7, 11) is 0. The molecule has 1 unspecified atom stereocenters. The van der Waals surface area contributed by atoms with Crippen LogP contribution < -0.4 is 5.32 Å². The molecule has 23 heavy (non-hydrogen) atoms. The Morgan fingerprint density at radius 2 is 2.04 bits per heavy atom. The van der Waals surface area contributed by atoms with Crippen LogP contribution in [0.4, 0.5) is 0 Å². The molecule has 0 radical (unpaired) electrons. The molecule has 1 heterocycles. The van der Waals surface area contributed by atoms with E-state index in [0.29, 0.717) is 5.75 Å². The molecule has 0 spiro atoms. The Bertz CT molecular complexity index is 657. The van der Waals surface area contributed by atoms with Crippen LogP contribution in [0, 0.1) is 6.92 Å². The molecule has 1 amide bonds. The first-order valence-electron chi connectivity index (χ1n) is 7.84. The number of nitrogens with one attached hydrogen (secondary N) is 1. The third-order valence-electron chi connectivity index (χ3n) is 3.76. The lowest BCUT2D eigenvalue weighted by molar-refractivity contribution is -0.119. The third-order valence-corrected chi connectivity index (χ3v) is 4.92. The Kier molecular flexibility index (Phi) is 5.58. The number of carbonyl (C=O) groups is 1. The standard InChI is InChI=1S/C19H25NO2S/c1-13-8-9-15(19(3,4)5)11-17(13)23-12-18(21)20-14(2)16-7-6-10-22-16/h6-11,14H,12H2,1-5H3,(H,20,21). The second kappa shape index (κ2) is 7.26. The van der Waals surface area contributed by atoms with E-state index in [1.54, 1.807) is 18.0 Å². The zero-order chi connectivity index (χ0) is 17.0. The second-order valence-corrected chi connectivity index (χ2v) is 7.84. The summed E-state index contributed by atoms with van der Waals surface area (Å²) in [6.45, 7) is 10.6. The molecule has 0 fully saturated rings. The van der Waals surface area contributed by atoms with Crippen molar-refractivity contribution in [1.29, 1.82) is 0 Å². The highest BCUT2D eigenvalue weighted by molar-refractivity contribution is 8.00. The van der Waals surface area contributed by atoms with Crippen molar-refractivity contribution in [3.05, 3.63) is 53.5 Å². The number of carbonyl (C=O) groups excluding carboxylic acids is 1. The van der Waals surface area contributed by atoms with Crippen molar-refractivity contribution in [1.82, 2.24) is 5.32 Å². The van der Waals surface area contributed by atoms with Crippen molar-refractivity contribution in [3.8, 4) is 0 Å². The summed E-state index contributed by atoms with van der Waals surface area (Å²) in [5, 5.41) is 2.96. The molecule has 1 N–H and O–H groups in total. The van der Waals surface area contributed by atoms with Gasteiger partial charge in [-0.15, -0.1) is 11.8 Å². The molecule has 0 aliphatic rings. The van der Waals surface area contributed by atoms with Crippen molar-refractivity contribution < 1.29 is 9.21 Å². The maximum absolute atomic E-state index is 12.1. The molecule has 1 atom stereocenters. The van der Waals surface area contributed by atoms with Gasteiger partial charge in [-0.05, 0) is 48.6 Å². The summed E-state index contributed by atoms with van der Waals surface area (Å²) >= 11 is 1.58. The molecule has 3 nitrogen and oxygen atoms in total. The molecule has 124 valence electrons. The molecule has 1 aromatic heterocycles. The van der Waals surface area contributed by atoms with Crippen LogP contribution in [-0.2, 0) is 10.2 Å². The highest BCUT2D eigenvalue weighted by atomic mass is 32.2. The maximum Gasteiger partial charge on any atom is 0.230 e. The van der Waals surface area contributed by atoms with E-state index in [2.05, 4.69) is 51.2 Å². The van der Waals surface area contributed by atoms with Gasteiger partial charge in [0, 0.05) is 4.90 Å². The van der Waals surface area contributed by atoms with Gasteiger partial charge in [-0.25, -0.2) is 0 Å². The molecule has 0 aliphatic heterocycles. The van der Waals surface area contributed by atoms with E-state index in [-0.39, 0.29) is 17.4 Å². The monoisotopic (exact) mass is 331 g/mol. The quantitative estimate of drug-likeness (QED) is 0.796. The van der Waals surface area contributed by atoms with Gasteiger partial charge < -0.3 is 9.73 Å². The molecule has 0 aliphatic carbocycles. The van der Waals surface area contributed by atoms with Gasteiger partial charge in [0.2, 0.25) is 5.91 Å². The zero-order valence-electron chi connectivity index (χ0n) is 14.5. The molecule has 0 bridgehead atoms. The van der Waals surface area contributed by atoms with Gasteiger partial charge in [0.15, 0.2) is 0 Å². The van der Waals surface area contributed by atoms with Gasteiger partial charge in [0.05, 0.1) is 18.1 Å². The number of thioether (sulfide) groups is 1. The summed E-state index contributed by atoms with van der Waals surface area (Å²) in [6, 6.07) is 10.1. The SMILES string of the molecule is Cc1ccc(C(C)(C)C)cc1SCC(=O)NC(C)c1ccco1. The van der Waals surface area contributed by atoms with Crippen LogP contribution in [0.2, 0.25) is 0 Å². The number of benzene rings is 1. The smallest absolute Gasteiger partial charge is 0.230 e. The van der Waals surface area contributed by atoms with Gasteiger partial charge in [-0.3, -0.25) is 4.79 Å². The van der Waals surface area contributed by atoms with E-state index in [1.807, 2.05) is 19.1 Å². The highest BCUT2D eigenvalue weighted by Gasteiger charge is 2.16. The molecule has 0 saturated carbocycles. The fourth-order valence-electron chi connectivity index (χ4n) is 2.26. The van der Waals surface area contributed by atoms with Gasteiger partial charge in [-0.2, -0.15) is 0 Å². The summed E-state index contributed by atoms with van der Waals surface area (Å²) in [4.78, 5) is 13.3. The first kappa shape index (κ1) is 17.7. The van der Waals surface area contributed by atoms with Crippen molar-refractivity contribution in [2.75, 3.05) is 5.75 Å². The number of furan rings is 1. The fourth-order valence-corrected chi connectivity index (χ4v) is 3.13. The van der Waals surface area contributed by atoms with E-state index in [0.717, 1.165) is 5.76 Å². The predicted molar refractivity (Wildman–Crippen MR) is 95.9 cm³/mol. The minimum Gasteiger partial charge on any atom is -0.467 e. The highest BCUT2D eigenvalue weighted by Crippen LogP contribution is 2.29. The molecule has 1 aromatic carbocycles. The van der Waals surface area contributed by atoms with Crippen molar-refractivity contribution in [2.24, 2.45) is 0 Å². The number of hydrogen-bond donors (Lipinski definition) is 1. The zero-order valence-corrected chi connectivity index (χ0v) is 15.3. The van der Waals surface area contributed by atoms with E-state index < -0.39 is 0 Å². The Labute approximate surface area is 142 Å². The summed E-state index contributed by atoms with van der Waals surface area (Å²) in [5.41, 5.74) is 2.60. The lowest BCUT2D eigenvalue weighted by Gasteiger charge is -2.20. The first-order valence-corrected chi connectivity index (χ1v) is 8.82. The van der Waals surface area contributed by atoms with Crippen LogP contribution in [-0.4, -0.2) is 11.7 Å². The fraction of sp³-hybridized carbons (Fsp3) is 0.421. The van der Waals surface area contributed by atoms with Crippen molar-refractivity contribution in [2.45, 2.75) is 51.0 Å². The summed E-state index contributed by atoms with van der Waals surface area (Å²) in [6.07, 6.45) is 1.62. The molecule has 4 heteroatoms. The first-order chi connectivity index (χ1) is 10.8. The molecule has 2 rings (SSSR count). The van der Waals surface area contributed by atoms with Gasteiger partial charge in [0.1, 0.15) is 5.76 Å². The van der Waals surface area contributed by atoms with Crippen LogP contribution in [0.25, 0.3) is 0 Å². The van der Waals surface area contributed by atoms with Crippen molar-refractivity contribution >= 4 is 17.7 Å². The Morgan fingerprint density at radius 1 is 1.30 bits per heavy atom. The Balaban J connectivity index is 1.96. The third kappa shape index (κ3) is 4.90. The topological polar surface area (TPSA) is 42.2 Å². The minimum atomic E-state index is -0.111. The van der Waals surface area contributed by atoms with Crippen LogP contribution in [0.3, 0.4) is 0 Å². The van der Waals surface area contributed by atoms with Crippen LogP contribution in [0.5, 0.6) is 0 Å². The van der Waals surface area contributed by atoms with Crippen LogP contribution in [0.15, 0.2) is 45.9 Å². The molecule has 0 saturated heterocycles. The van der Waals surface area contributed by atoms with Crippen LogP contribution in [0.1, 0.15) is 50.6 Å². The molecule has 2 aromatic rings. The normalized spacial score (nSPS) is 12.9. The van der Waals surface area contributed by atoms with E-state index in [9.17, 15) is 4.79 Å². The largest absolute Gasteiger partial charge is 0.467 e. The van der Waals surface area contributed by atoms with E-state index in [1.165, 1.54) is 16.0 Å². The number of hydrogen-bond acceptors (Lipinski definition) is 3. The number of amides is 1. The van der Waals surface area contributed by atoms with E-state index in [4.69, 9.17) is 4.42 Å². The van der Waals surface area contributed by atoms with Gasteiger partial charge in [0.25, 0.3) is 0 Å². The maximum atomic E-state index is 12.1. The number of aryl methyl sites for hydroxylation is 1. The predicted octanol–water partition coefficient (Wildman–Crippen LogP) is 4.86. The Hall–Kier alpha value is -1.68. The average Bonchev–Trinajstić information content (AvgIpc) is 2.99. The summed E-state index contributed by atoms with van der Waals surface area (Å²) in [5.74, 6) is 1.19. The second-order valence-electron chi connectivity index (χ2n) is 6.82. The van der Waals surface area contributed by atoms with Gasteiger partial charge in [-0.1, -0.05) is 32.9 Å². The summed E-state index contributed by atoms with van der Waals surface area (Å²) < 4.78 is 5.31. The Morgan fingerprint density at radius 3 is 2.65 bits per heavy atom. The molecular weight excluding hydrogens is 306 g/mol. The van der Waals surface area contributed by atoms with E-state index >= 15 is 0 Å².